The minimum absolute atomic E-state index is 0.305. The normalized spacial score (nSPS) is 15.4. The molecule has 2 heterocycles. The number of hydrogen-bond donors (Lipinski definition) is 0. The summed E-state index contributed by atoms with van der Waals surface area (Å²) >= 11 is 0. The third-order valence-electron chi connectivity index (χ3n) is 8.50. The van der Waals surface area contributed by atoms with E-state index in [1.54, 1.807) is 54.6 Å². The predicted molar refractivity (Wildman–Crippen MR) is 156 cm³/mol. The van der Waals surface area contributed by atoms with E-state index in [2.05, 4.69) is 0 Å². The molecule has 5 nitrogen and oxygen atoms in total. The molecule has 2 aliphatic rings. The van der Waals surface area contributed by atoms with Gasteiger partial charge in [-0.25, -0.2) is 13.3 Å². The fourth-order valence-corrected chi connectivity index (χ4v) is 8.54. The number of anilines is 1. The molecular weight excluding hydrogens is 518 g/mol. The Morgan fingerprint density at radius 3 is 1.60 bits per heavy atom. The van der Waals surface area contributed by atoms with E-state index in [1.165, 1.54) is 4.90 Å². The first-order valence-electron chi connectivity index (χ1n) is 13.0. The van der Waals surface area contributed by atoms with Gasteiger partial charge in [0.05, 0.1) is 15.5 Å². The molecule has 9 rings (SSSR count). The fourth-order valence-electron chi connectivity index (χ4n) is 6.85. The van der Waals surface area contributed by atoms with Gasteiger partial charge in [-0.2, -0.15) is 0 Å². The van der Waals surface area contributed by atoms with Crippen molar-refractivity contribution in [2.75, 3.05) is 4.90 Å². The zero-order valence-electron chi connectivity index (χ0n) is 20.8. The van der Waals surface area contributed by atoms with Gasteiger partial charge in [-0.3, -0.25) is 9.59 Å². The van der Waals surface area contributed by atoms with E-state index in [0.29, 0.717) is 37.6 Å². The van der Waals surface area contributed by atoms with Gasteiger partial charge in [-0.15, -0.1) is 0 Å². The first-order chi connectivity index (χ1) is 19.5. The first-order valence-corrected chi connectivity index (χ1v) is 14.4. The molecule has 0 unspecified atom stereocenters. The largest absolute Gasteiger partial charge is 0.268 e. The molecule has 6 heteroatoms. The summed E-state index contributed by atoms with van der Waals surface area (Å²) in [6.07, 6.45) is 0. The summed E-state index contributed by atoms with van der Waals surface area (Å²) < 4.78 is 27.4. The average Bonchev–Trinajstić information content (AvgIpc) is 2.98. The molecule has 0 atom stereocenters. The standard InChI is InChI=1S/C34H17NO4S/c36-33-25-14-12-21-23-11-10-20-19-8-4-5-9-27(19)40(38,39)28-17-16-24(30(23)32(20)28)22-13-15-26(31(25)29(21)22)34(37)35(33)18-6-2-1-3-7-18/h1-17H. The Kier molecular flexibility index (Phi) is 3.88. The summed E-state index contributed by atoms with van der Waals surface area (Å²) in [5.74, 6) is -0.711. The number of carbonyl (C=O) groups is 2. The maximum absolute atomic E-state index is 13.7. The van der Waals surface area contributed by atoms with Crippen molar-refractivity contribution in [3.8, 4) is 11.1 Å². The molecule has 0 aromatic heterocycles. The van der Waals surface area contributed by atoms with Crippen LogP contribution in [-0.2, 0) is 9.84 Å². The Morgan fingerprint density at radius 1 is 0.425 bits per heavy atom. The highest BCUT2D eigenvalue weighted by atomic mass is 32.2. The molecule has 7 aromatic rings. The number of sulfone groups is 1. The van der Waals surface area contributed by atoms with Gasteiger partial charge in [0, 0.05) is 27.5 Å². The van der Waals surface area contributed by atoms with Gasteiger partial charge in [0.15, 0.2) is 0 Å². The summed E-state index contributed by atoms with van der Waals surface area (Å²) in [7, 11) is -3.70. The van der Waals surface area contributed by atoms with Crippen LogP contribution in [0.25, 0.3) is 54.2 Å². The zero-order valence-corrected chi connectivity index (χ0v) is 21.6. The molecule has 0 radical (unpaired) electrons. The SMILES string of the molecule is O=C1c2ccc3c4ccc5c6c(ccc(c7ccc(c2c37)C(=O)N1c1ccccc1)c64)S(=O)(=O)c1ccccc1-5. The molecule has 2 aliphatic heterocycles. The zero-order chi connectivity index (χ0) is 26.9. The van der Waals surface area contributed by atoms with Crippen molar-refractivity contribution < 1.29 is 18.0 Å². The van der Waals surface area contributed by atoms with Crippen molar-refractivity contribution in [2.45, 2.75) is 9.79 Å². The highest BCUT2D eigenvalue weighted by Gasteiger charge is 2.36. The number of benzene rings is 7. The van der Waals surface area contributed by atoms with Crippen LogP contribution in [0.2, 0.25) is 0 Å². The second kappa shape index (κ2) is 7.11. The third-order valence-corrected chi connectivity index (χ3v) is 10.4. The van der Waals surface area contributed by atoms with E-state index in [1.807, 2.05) is 48.5 Å². The van der Waals surface area contributed by atoms with E-state index < -0.39 is 9.84 Å². The second-order valence-electron chi connectivity index (χ2n) is 10.4. The molecule has 0 bridgehead atoms. The first kappa shape index (κ1) is 21.8. The lowest BCUT2D eigenvalue weighted by atomic mass is 9.83. The number of hydrogen-bond acceptors (Lipinski definition) is 4. The van der Waals surface area contributed by atoms with Gasteiger partial charge in [0.25, 0.3) is 11.8 Å². The van der Waals surface area contributed by atoms with Gasteiger partial charge in [0.1, 0.15) is 0 Å². The molecular formula is C34H17NO4S. The Labute approximate surface area is 228 Å². The molecule has 7 aromatic carbocycles. The molecule has 0 fully saturated rings. The van der Waals surface area contributed by atoms with Crippen LogP contribution in [0.1, 0.15) is 20.7 Å². The monoisotopic (exact) mass is 535 g/mol. The lowest BCUT2D eigenvalue weighted by molar-refractivity contribution is 0.0893. The number of nitrogens with zero attached hydrogens (tertiary/aromatic N) is 1. The summed E-state index contributed by atoms with van der Waals surface area (Å²) in [6.45, 7) is 0. The summed E-state index contributed by atoms with van der Waals surface area (Å²) in [4.78, 5) is 29.3. The van der Waals surface area contributed by atoms with Gasteiger partial charge >= 0.3 is 0 Å². The summed E-state index contributed by atoms with van der Waals surface area (Å²) in [6, 6.07) is 31.1. The van der Waals surface area contributed by atoms with Crippen LogP contribution in [0.5, 0.6) is 0 Å². The highest BCUT2D eigenvalue weighted by molar-refractivity contribution is 7.92. The van der Waals surface area contributed by atoms with E-state index in [4.69, 9.17) is 0 Å². The fraction of sp³-hybridized carbons (Fsp3) is 0. The molecule has 2 amide bonds. The Balaban J connectivity index is 1.44. The van der Waals surface area contributed by atoms with E-state index >= 15 is 0 Å². The molecule has 0 saturated carbocycles. The van der Waals surface area contributed by atoms with Crippen molar-refractivity contribution in [3.63, 3.8) is 0 Å². The number of fused-ring (bicyclic) bond motifs is 4. The molecule has 0 aliphatic carbocycles. The Bertz CT molecular complexity index is 2360. The van der Waals surface area contributed by atoms with Gasteiger partial charge in [-0.05, 0) is 74.3 Å². The minimum atomic E-state index is -3.70. The van der Waals surface area contributed by atoms with E-state index in [9.17, 15) is 18.0 Å². The number of imide groups is 1. The third kappa shape index (κ3) is 2.41. The minimum Gasteiger partial charge on any atom is -0.268 e. The molecule has 40 heavy (non-hydrogen) atoms. The summed E-state index contributed by atoms with van der Waals surface area (Å²) in [5.41, 5.74) is 3.07. The van der Waals surface area contributed by atoms with Crippen molar-refractivity contribution in [1.82, 2.24) is 0 Å². The Hall–Kier alpha value is -5.07. The van der Waals surface area contributed by atoms with Crippen LogP contribution in [0.15, 0.2) is 113 Å². The highest BCUT2D eigenvalue weighted by Crippen LogP contribution is 2.50. The van der Waals surface area contributed by atoms with Gasteiger partial charge in [-0.1, -0.05) is 66.7 Å². The predicted octanol–water partition coefficient (Wildman–Crippen LogP) is 7.35. The van der Waals surface area contributed by atoms with Crippen LogP contribution >= 0.6 is 0 Å². The van der Waals surface area contributed by atoms with Gasteiger partial charge < -0.3 is 0 Å². The van der Waals surface area contributed by atoms with Crippen LogP contribution < -0.4 is 4.90 Å². The summed E-state index contributed by atoms with van der Waals surface area (Å²) in [5, 5.41) is 6.65. The molecule has 0 saturated heterocycles. The van der Waals surface area contributed by atoms with Crippen molar-refractivity contribution in [3.05, 3.63) is 114 Å². The lowest BCUT2D eigenvalue weighted by Gasteiger charge is -2.29. The average molecular weight is 536 g/mol. The second-order valence-corrected chi connectivity index (χ2v) is 12.3. The quantitative estimate of drug-likeness (QED) is 0.125. The molecule has 0 N–H and O–H groups in total. The van der Waals surface area contributed by atoms with Crippen LogP contribution in [0.4, 0.5) is 5.69 Å². The van der Waals surface area contributed by atoms with Crippen molar-refractivity contribution in [2.24, 2.45) is 0 Å². The van der Waals surface area contributed by atoms with Crippen molar-refractivity contribution in [1.29, 1.82) is 0 Å². The van der Waals surface area contributed by atoms with E-state index in [0.717, 1.165) is 43.3 Å². The van der Waals surface area contributed by atoms with Crippen LogP contribution in [0, 0.1) is 0 Å². The van der Waals surface area contributed by atoms with Crippen molar-refractivity contribution >= 4 is 70.4 Å². The Morgan fingerprint density at radius 2 is 0.950 bits per heavy atom. The molecule has 188 valence electrons. The number of rotatable bonds is 1. The maximum Gasteiger partial charge on any atom is 0.265 e. The molecule has 0 spiro atoms. The lowest BCUT2D eigenvalue weighted by Crippen LogP contribution is -2.40. The van der Waals surface area contributed by atoms with Crippen LogP contribution in [-0.4, -0.2) is 20.2 Å². The smallest absolute Gasteiger partial charge is 0.265 e. The maximum atomic E-state index is 13.7. The number of amides is 2. The topological polar surface area (TPSA) is 71.5 Å². The van der Waals surface area contributed by atoms with Crippen LogP contribution in [0.3, 0.4) is 0 Å². The van der Waals surface area contributed by atoms with Gasteiger partial charge in [0.2, 0.25) is 9.84 Å². The number of carbonyl (C=O) groups excluding carboxylic acids is 2. The number of para-hydroxylation sites is 1. The van der Waals surface area contributed by atoms with E-state index in [-0.39, 0.29) is 11.8 Å².